The van der Waals surface area contributed by atoms with E-state index in [4.69, 9.17) is 14.2 Å². The Morgan fingerprint density at radius 3 is 2.74 bits per heavy atom. The molecule has 4 aliphatic rings. The van der Waals surface area contributed by atoms with Gasteiger partial charge in [0.15, 0.2) is 5.79 Å². The summed E-state index contributed by atoms with van der Waals surface area (Å²) >= 11 is 0. The summed E-state index contributed by atoms with van der Waals surface area (Å²) < 4.78 is 17.5. The molecule has 19 heavy (non-hydrogen) atoms. The molecular weight excluding hydrogens is 242 g/mol. The summed E-state index contributed by atoms with van der Waals surface area (Å²) in [6.07, 6.45) is 7.76. The van der Waals surface area contributed by atoms with Gasteiger partial charge in [0.25, 0.3) is 0 Å². The van der Waals surface area contributed by atoms with Crippen molar-refractivity contribution in [3.63, 3.8) is 0 Å². The molecule has 1 spiro atoms. The van der Waals surface area contributed by atoms with Crippen LogP contribution in [0.2, 0.25) is 0 Å². The van der Waals surface area contributed by atoms with E-state index in [0.717, 1.165) is 57.1 Å². The highest BCUT2D eigenvalue weighted by Gasteiger charge is 2.44. The second-order valence-electron chi connectivity index (χ2n) is 6.76. The molecule has 4 heteroatoms. The summed E-state index contributed by atoms with van der Waals surface area (Å²) in [5.74, 6) is 1.62. The monoisotopic (exact) mass is 267 g/mol. The van der Waals surface area contributed by atoms with Crippen molar-refractivity contribution in [1.29, 1.82) is 0 Å². The third-order valence-corrected chi connectivity index (χ3v) is 5.51. The Labute approximate surface area is 115 Å². The molecule has 2 aliphatic carbocycles. The van der Waals surface area contributed by atoms with Crippen LogP contribution in [0.3, 0.4) is 0 Å². The molecule has 0 radical (unpaired) electrons. The van der Waals surface area contributed by atoms with E-state index in [2.05, 4.69) is 5.32 Å². The highest BCUT2D eigenvalue weighted by atomic mass is 16.7. The highest BCUT2D eigenvalue weighted by molar-refractivity contribution is 4.94. The van der Waals surface area contributed by atoms with Crippen molar-refractivity contribution >= 4 is 0 Å². The zero-order valence-corrected chi connectivity index (χ0v) is 11.6. The molecule has 1 N–H and O–H groups in total. The van der Waals surface area contributed by atoms with Crippen LogP contribution < -0.4 is 5.32 Å². The van der Waals surface area contributed by atoms with Gasteiger partial charge in [-0.05, 0) is 31.1 Å². The largest absolute Gasteiger partial charge is 0.381 e. The van der Waals surface area contributed by atoms with E-state index >= 15 is 0 Å². The topological polar surface area (TPSA) is 39.7 Å². The summed E-state index contributed by atoms with van der Waals surface area (Å²) in [5.41, 5.74) is 0. The summed E-state index contributed by atoms with van der Waals surface area (Å²) in [4.78, 5) is 0. The number of hydrogen-bond donors (Lipinski definition) is 1. The molecule has 4 fully saturated rings. The fraction of sp³-hybridized carbons (Fsp3) is 1.00. The molecule has 2 heterocycles. The van der Waals surface area contributed by atoms with Crippen molar-refractivity contribution < 1.29 is 14.2 Å². The van der Waals surface area contributed by atoms with Crippen molar-refractivity contribution in [3.8, 4) is 0 Å². The van der Waals surface area contributed by atoms with Gasteiger partial charge in [-0.25, -0.2) is 0 Å². The fourth-order valence-corrected chi connectivity index (χ4v) is 4.44. The Kier molecular flexibility index (Phi) is 3.30. The van der Waals surface area contributed by atoms with Gasteiger partial charge < -0.3 is 19.5 Å². The third-order valence-electron chi connectivity index (χ3n) is 5.51. The molecule has 0 unspecified atom stereocenters. The molecule has 0 aromatic carbocycles. The molecule has 4 atom stereocenters. The molecule has 2 aliphatic heterocycles. The van der Waals surface area contributed by atoms with Gasteiger partial charge >= 0.3 is 0 Å². The Balaban J connectivity index is 1.26. The van der Waals surface area contributed by atoms with Gasteiger partial charge in [0, 0.05) is 25.4 Å². The summed E-state index contributed by atoms with van der Waals surface area (Å²) in [7, 11) is 0. The molecule has 0 aromatic heterocycles. The van der Waals surface area contributed by atoms with Crippen LogP contribution in [0.5, 0.6) is 0 Å². The van der Waals surface area contributed by atoms with Gasteiger partial charge in [0.05, 0.1) is 25.9 Å². The minimum Gasteiger partial charge on any atom is -0.381 e. The molecular formula is C15H25NO3. The maximum atomic E-state index is 6.17. The van der Waals surface area contributed by atoms with Crippen LogP contribution in [0.25, 0.3) is 0 Å². The zero-order chi connectivity index (χ0) is 12.7. The quantitative estimate of drug-likeness (QED) is 0.844. The first-order valence-electron chi connectivity index (χ1n) is 7.96. The van der Waals surface area contributed by atoms with Gasteiger partial charge in [-0.15, -0.1) is 0 Å². The Morgan fingerprint density at radius 2 is 2.00 bits per heavy atom. The van der Waals surface area contributed by atoms with Crippen LogP contribution in [0.4, 0.5) is 0 Å². The average molecular weight is 267 g/mol. The molecule has 2 saturated carbocycles. The Bertz CT molecular complexity index is 329. The summed E-state index contributed by atoms with van der Waals surface area (Å²) in [5, 5.41) is 3.74. The summed E-state index contributed by atoms with van der Waals surface area (Å²) in [6.45, 7) is 3.24. The minimum atomic E-state index is -0.320. The molecule has 4 nitrogen and oxygen atoms in total. The van der Waals surface area contributed by atoms with E-state index < -0.39 is 0 Å². The molecule has 4 rings (SSSR count). The van der Waals surface area contributed by atoms with Crippen LogP contribution in [-0.4, -0.2) is 44.3 Å². The molecule has 108 valence electrons. The highest BCUT2D eigenvalue weighted by Crippen LogP contribution is 2.44. The summed E-state index contributed by atoms with van der Waals surface area (Å²) in [6, 6.07) is 0.744. The number of fused-ring (bicyclic) bond motifs is 2. The SMILES string of the molecule is C1CC2(CCO1)OC[C@@H](CN[C@@H]1C[C@H]3CC[C@H]1C3)O2. The van der Waals surface area contributed by atoms with Crippen LogP contribution in [0.15, 0.2) is 0 Å². The maximum absolute atomic E-state index is 6.17. The molecule has 0 amide bonds. The maximum Gasteiger partial charge on any atom is 0.173 e. The van der Waals surface area contributed by atoms with Crippen LogP contribution >= 0.6 is 0 Å². The normalized spacial score (nSPS) is 44.2. The predicted octanol–water partition coefficient (Wildman–Crippen LogP) is 1.69. The fourth-order valence-electron chi connectivity index (χ4n) is 4.44. The lowest BCUT2D eigenvalue weighted by atomic mass is 9.95. The average Bonchev–Trinajstić information content (AvgIpc) is 3.13. The van der Waals surface area contributed by atoms with Crippen molar-refractivity contribution in [1.82, 2.24) is 5.32 Å². The number of hydrogen-bond acceptors (Lipinski definition) is 4. The first-order valence-corrected chi connectivity index (χ1v) is 7.96. The van der Waals surface area contributed by atoms with Crippen molar-refractivity contribution in [2.24, 2.45) is 11.8 Å². The Hall–Kier alpha value is -0.160. The van der Waals surface area contributed by atoms with E-state index in [9.17, 15) is 0 Å². The first-order chi connectivity index (χ1) is 9.33. The molecule has 2 bridgehead atoms. The first kappa shape index (κ1) is 12.6. The van der Waals surface area contributed by atoms with E-state index in [0.29, 0.717) is 0 Å². The van der Waals surface area contributed by atoms with Crippen molar-refractivity contribution in [2.45, 2.75) is 56.5 Å². The van der Waals surface area contributed by atoms with Crippen molar-refractivity contribution in [2.75, 3.05) is 26.4 Å². The third kappa shape index (κ3) is 2.44. The second kappa shape index (κ2) is 4.99. The van der Waals surface area contributed by atoms with Crippen LogP contribution in [0.1, 0.15) is 38.5 Å². The van der Waals surface area contributed by atoms with E-state index in [1.165, 1.54) is 25.7 Å². The van der Waals surface area contributed by atoms with E-state index in [-0.39, 0.29) is 11.9 Å². The minimum absolute atomic E-state index is 0.234. The number of rotatable bonds is 3. The van der Waals surface area contributed by atoms with Gasteiger partial charge in [0.1, 0.15) is 0 Å². The van der Waals surface area contributed by atoms with Gasteiger partial charge in [-0.1, -0.05) is 6.42 Å². The number of nitrogens with one attached hydrogen (secondary N) is 1. The van der Waals surface area contributed by atoms with Crippen LogP contribution in [0, 0.1) is 11.8 Å². The predicted molar refractivity (Wildman–Crippen MR) is 70.8 cm³/mol. The molecule has 0 aromatic rings. The van der Waals surface area contributed by atoms with Gasteiger partial charge in [-0.3, -0.25) is 0 Å². The van der Waals surface area contributed by atoms with Crippen molar-refractivity contribution in [3.05, 3.63) is 0 Å². The molecule has 2 saturated heterocycles. The standard InChI is InChI=1S/C15H25NO3/c1-2-12-7-11(1)8-14(12)16-9-13-10-18-15(19-13)3-5-17-6-4-15/h11-14,16H,1-10H2/t11-,12-,13+,14+/m0/s1. The lowest BCUT2D eigenvalue weighted by molar-refractivity contribution is -0.210. The lowest BCUT2D eigenvalue weighted by Crippen LogP contribution is -2.42. The van der Waals surface area contributed by atoms with E-state index in [1.807, 2.05) is 0 Å². The van der Waals surface area contributed by atoms with Crippen LogP contribution in [-0.2, 0) is 14.2 Å². The Morgan fingerprint density at radius 1 is 1.11 bits per heavy atom. The number of ether oxygens (including phenoxy) is 3. The van der Waals surface area contributed by atoms with E-state index in [1.54, 1.807) is 0 Å². The second-order valence-corrected chi connectivity index (χ2v) is 6.76. The zero-order valence-electron chi connectivity index (χ0n) is 11.6. The lowest BCUT2D eigenvalue weighted by Gasteiger charge is -2.32. The van der Waals surface area contributed by atoms with Gasteiger partial charge in [0.2, 0.25) is 0 Å². The van der Waals surface area contributed by atoms with Gasteiger partial charge in [-0.2, -0.15) is 0 Å². The smallest absolute Gasteiger partial charge is 0.173 e.